The highest BCUT2D eigenvalue weighted by Crippen LogP contribution is 2.24. The number of aromatic carboxylic acids is 1. The lowest BCUT2D eigenvalue weighted by Crippen LogP contribution is -1.99. The lowest BCUT2D eigenvalue weighted by Gasteiger charge is -2.06. The molecule has 4 heteroatoms. The Kier molecular flexibility index (Phi) is 3.43. The van der Waals surface area contributed by atoms with Crippen LogP contribution >= 0.6 is 0 Å². The van der Waals surface area contributed by atoms with Crippen molar-refractivity contribution in [3.8, 4) is 22.5 Å². The van der Waals surface area contributed by atoms with Gasteiger partial charge in [0.25, 0.3) is 0 Å². The van der Waals surface area contributed by atoms with E-state index in [9.17, 15) is 9.90 Å². The Bertz CT molecular complexity index is 768. The molecule has 4 nitrogen and oxygen atoms in total. The number of carboxylic acids is 1. The van der Waals surface area contributed by atoms with Crippen molar-refractivity contribution in [2.24, 2.45) is 0 Å². The Balaban J connectivity index is 2.01. The molecule has 0 unspecified atom stereocenters. The quantitative estimate of drug-likeness (QED) is 0.795. The van der Waals surface area contributed by atoms with Gasteiger partial charge in [0.1, 0.15) is 0 Å². The second-order valence-electron chi connectivity index (χ2n) is 4.50. The molecular weight excluding hydrogens is 264 g/mol. The lowest BCUT2D eigenvalue weighted by atomic mass is 10.0. The first-order valence-electron chi connectivity index (χ1n) is 6.46. The number of carbonyl (C=O) groups is 1. The number of hydrogen-bond acceptors (Lipinski definition) is 3. The summed E-state index contributed by atoms with van der Waals surface area (Å²) in [4.78, 5) is 19.9. The molecule has 1 aromatic carbocycles. The molecule has 21 heavy (non-hydrogen) atoms. The van der Waals surface area contributed by atoms with Crippen LogP contribution in [-0.4, -0.2) is 21.0 Å². The summed E-state index contributed by atoms with van der Waals surface area (Å²) in [6.07, 6.45) is 3.39. The number of aromatic nitrogens is 2. The SMILES string of the molecule is O=C(O)c1ccccc1-c1ccc(-c2ccccn2)nc1. The molecule has 1 N–H and O–H groups in total. The first-order valence-corrected chi connectivity index (χ1v) is 6.46. The predicted molar refractivity (Wildman–Crippen MR) is 79.9 cm³/mol. The zero-order valence-corrected chi connectivity index (χ0v) is 11.1. The molecule has 0 spiro atoms. The molecular formula is C17H12N2O2. The van der Waals surface area contributed by atoms with E-state index in [0.717, 1.165) is 17.0 Å². The van der Waals surface area contributed by atoms with Crippen LogP contribution in [0.5, 0.6) is 0 Å². The van der Waals surface area contributed by atoms with Gasteiger partial charge in [0, 0.05) is 18.0 Å². The fourth-order valence-corrected chi connectivity index (χ4v) is 2.14. The minimum atomic E-state index is -0.945. The van der Waals surface area contributed by atoms with E-state index < -0.39 is 5.97 Å². The zero-order valence-electron chi connectivity index (χ0n) is 11.1. The number of pyridine rings is 2. The van der Waals surface area contributed by atoms with Gasteiger partial charge in [0.2, 0.25) is 0 Å². The van der Waals surface area contributed by atoms with Gasteiger partial charge in [0.15, 0.2) is 0 Å². The van der Waals surface area contributed by atoms with Crippen molar-refractivity contribution in [1.29, 1.82) is 0 Å². The van der Waals surface area contributed by atoms with Crippen LogP contribution in [0.1, 0.15) is 10.4 Å². The van der Waals surface area contributed by atoms with Gasteiger partial charge < -0.3 is 5.11 Å². The largest absolute Gasteiger partial charge is 0.478 e. The summed E-state index contributed by atoms with van der Waals surface area (Å²) >= 11 is 0. The smallest absolute Gasteiger partial charge is 0.336 e. The highest BCUT2D eigenvalue weighted by Gasteiger charge is 2.11. The average molecular weight is 276 g/mol. The number of rotatable bonds is 3. The van der Waals surface area contributed by atoms with E-state index >= 15 is 0 Å². The zero-order chi connectivity index (χ0) is 14.7. The molecule has 0 aliphatic carbocycles. The van der Waals surface area contributed by atoms with Crippen LogP contribution < -0.4 is 0 Å². The first-order chi connectivity index (χ1) is 10.3. The molecule has 0 amide bonds. The summed E-state index contributed by atoms with van der Waals surface area (Å²) < 4.78 is 0. The third-order valence-corrected chi connectivity index (χ3v) is 3.16. The molecule has 2 heterocycles. The fourth-order valence-electron chi connectivity index (χ4n) is 2.14. The highest BCUT2D eigenvalue weighted by atomic mass is 16.4. The maximum Gasteiger partial charge on any atom is 0.336 e. The van der Waals surface area contributed by atoms with Crippen LogP contribution in [0.4, 0.5) is 0 Å². The van der Waals surface area contributed by atoms with Crippen LogP contribution in [0.3, 0.4) is 0 Å². The highest BCUT2D eigenvalue weighted by molar-refractivity contribution is 5.95. The Morgan fingerprint density at radius 3 is 2.29 bits per heavy atom. The molecule has 0 atom stereocenters. The van der Waals surface area contributed by atoms with Crippen molar-refractivity contribution >= 4 is 5.97 Å². The second-order valence-corrected chi connectivity index (χ2v) is 4.50. The maximum atomic E-state index is 11.3. The van der Waals surface area contributed by atoms with Crippen molar-refractivity contribution in [3.63, 3.8) is 0 Å². The van der Waals surface area contributed by atoms with Crippen molar-refractivity contribution < 1.29 is 9.90 Å². The van der Waals surface area contributed by atoms with Gasteiger partial charge in [-0.3, -0.25) is 9.97 Å². The number of benzene rings is 1. The summed E-state index contributed by atoms with van der Waals surface area (Å²) in [5, 5.41) is 9.23. The Labute approximate surface area is 121 Å². The summed E-state index contributed by atoms with van der Waals surface area (Å²) in [5.41, 5.74) is 3.24. The van der Waals surface area contributed by atoms with E-state index in [-0.39, 0.29) is 5.56 Å². The minimum absolute atomic E-state index is 0.268. The molecule has 0 saturated carbocycles. The summed E-state index contributed by atoms with van der Waals surface area (Å²) in [5.74, 6) is -0.945. The Hall–Kier alpha value is -3.01. The first kappa shape index (κ1) is 13.0. The van der Waals surface area contributed by atoms with Crippen LogP contribution in [0.2, 0.25) is 0 Å². The molecule has 0 fully saturated rings. The van der Waals surface area contributed by atoms with E-state index in [4.69, 9.17) is 0 Å². The van der Waals surface area contributed by atoms with Crippen LogP contribution in [0.25, 0.3) is 22.5 Å². The molecule has 102 valence electrons. The Morgan fingerprint density at radius 1 is 0.857 bits per heavy atom. The van der Waals surface area contributed by atoms with Crippen LogP contribution in [0, 0.1) is 0 Å². The maximum absolute atomic E-state index is 11.3. The molecule has 2 aromatic heterocycles. The number of hydrogen-bond donors (Lipinski definition) is 1. The van der Waals surface area contributed by atoms with E-state index in [1.165, 1.54) is 0 Å². The third-order valence-electron chi connectivity index (χ3n) is 3.16. The van der Waals surface area contributed by atoms with Crippen molar-refractivity contribution in [3.05, 3.63) is 72.6 Å². The van der Waals surface area contributed by atoms with E-state index in [1.54, 1.807) is 30.6 Å². The topological polar surface area (TPSA) is 63.1 Å². The summed E-state index contributed by atoms with van der Waals surface area (Å²) in [6.45, 7) is 0. The van der Waals surface area contributed by atoms with Gasteiger partial charge in [-0.15, -0.1) is 0 Å². The van der Waals surface area contributed by atoms with Crippen molar-refractivity contribution in [2.45, 2.75) is 0 Å². The predicted octanol–water partition coefficient (Wildman–Crippen LogP) is 3.51. The fraction of sp³-hybridized carbons (Fsp3) is 0. The van der Waals surface area contributed by atoms with Gasteiger partial charge in [-0.25, -0.2) is 4.79 Å². The number of carboxylic acid groups (broad SMARTS) is 1. The van der Waals surface area contributed by atoms with Crippen LogP contribution in [-0.2, 0) is 0 Å². The molecule has 0 saturated heterocycles. The molecule has 0 bridgehead atoms. The summed E-state index contributed by atoms with van der Waals surface area (Å²) in [6, 6.07) is 16.2. The van der Waals surface area contributed by atoms with Crippen LogP contribution in [0.15, 0.2) is 67.0 Å². The van der Waals surface area contributed by atoms with E-state index in [1.807, 2.05) is 36.4 Å². The van der Waals surface area contributed by atoms with Crippen molar-refractivity contribution in [1.82, 2.24) is 9.97 Å². The summed E-state index contributed by atoms with van der Waals surface area (Å²) in [7, 11) is 0. The van der Waals surface area contributed by atoms with Crippen molar-refractivity contribution in [2.75, 3.05) is 0 Å². The van der Waals surface area contributed by atoms with E-state index in [2.05, 4.69) is 9.97 Å². The number of nitrogens with zero attached hydrogens (tertiary/aromatic N) is 2. The van der Waals surface area contributed by atoms with Gasteiger partial charge in [-0.05, 0) is 29.8 Å². The monoisotopic (exact) mass is 276 g/mol. The minimum Gasteiger partial charge on any atom is -0.478 e. The van der Waals surface area contributed by atoms with Gasteiger partial charge in [-0.2, -0.15) is 0 Å². The van der Waals surface area contributed by atoms with Gasteiger partial charge >= 0.3 is 5.97 Å². The van der Waals surface area contributed by atoms with Gasteiger partial charge in [-0.1, -0.05) is 30.3 Å². The molecule has 0 aliphatic heterocycles. The third kappa shape index (κ3) is 2.65. The molecule has 3 rings (SSSR count). The molecule has 0 aliphatic rings. The molecule has 3 aromatic rings. The normalized spacial score (nSPS) is 10.3. The second kappa shape index (κ2) is 5.54. The van der Waals surface area contributed by atoms with Gasteiger partial charge in [0.05, 0.1) is 17.0 Å². The lowest BCUT2D eigenvalue weighted by molar-refractivity contribution is 0.0697. The van der Waals surface area contributed by atoms with E-state index in [0.29, 0.717) is 5.56 Å². The standard InChI is InChI=1S/C17H12N2O2/c20-17(21)14-6-2-1-5-13(14)12-8-9-16(19-11-12)15-7-3-4-10-18-15/h1-11H,(H,20,21). The molecule has 0 radical (unpaired) electrons. The Morgan fingerprint density at radius 2 is 1.62 bits per heavy atom. The average Bonchev–Trinajstić information content (AvgIpc) is 2.56.